The Balaban J connectivity index is 1.80. The van der Waals surface area contributed by atoms with Crippen molar-refractivity contribution in [2.24, 2.45) is 0 Å². The van der Waals surface area contributed by atoms with Gasteiger partial charge in [-0.15, -0.1) is 0 Å². The van der Waals surface area contributed by atoms with Crippen molar-refractivity contribution in [1.29, 1.82) is 0 Å². The van der Waals surface area contributed by atoms with Gasteiger partial charge in [0.2, 0.25) is 0 Å². The van der Waals surface area contributed by atoms with E-state index in [2.05, 4.69) is 17.2 Å². The van der Waals surface area contributed by atoms with Gasteiger partial charge in [-0.3, -0.25) is 4.79 Å². The number of imidazole rings is 1. The number of amides is 1. The maximum absolute atomic E-state index is 12.8. The molecule has 0 unspecified atom stereocenters. The third-order valence-corrected chi connectivity index (χ3v) is 6.16. The van der Waals surface area contributed by atoms with Gasteiger partial charge in [0.1, 0.15) is 11.7 Å². The largest absolute Gasteiger partial charge is 0.480 e. The fraction of sp³-hybridized carbons (Fsp3) is 0.261. The summed E-state index contributed by atoms with van der Waals surface area (Å²) in [5.74, 6) is -0.750. The van der Waals surface area contributed by atoms with Crippen LogP contribution in [0.15, 0.2) is 66.0 Å². The lowest BCUT2D eigenvalue weighted by atomic mass is 10.1. The van der Waals surface area contributed by atoms with Crippen LogP contribution in [0.3, 0.4) is 0 Å². The van der Waals surface area contributed by atoms with Gasteiger partial charge in [0.25, 0.3) is 5.91 Å². The first-order chi connectivity index (χ1) is 15.0. The molecular formula is C23H24ClN3O3S. The fourth-order valence-corrected chi connectivity index (χ4v) is 4.05. The first kappa shape index (κ1) is 22.9. The van der Waals surface area contributed by atoms with Gasteiger partial charge in [0, 0.05) is 23.4 Å². The predicted molar refractivity (Wildman–Crippen MR) is 123 cm³/mol. The molecule has 162 valence electrons. The van der Waals surface area contributed by atoms with E-state index in [1.54, 1.807) is 18.0 Å². The number of benzene rings is 2. The van der Waals surface area contributed by atoms with Gasteiger partial charge >= 0.3 is 5.97 Å². The highest BCUT2D eigenvalue weighted by molar-refractivity contribution is 7.99. The zero-order valence-corrected chi connectivity index (χ0v) is 18.7. The number of aromatic nitrogens is 2. The Morgan fingerprint density at radius 3 is 2.55 bits per heavy atom. The molecule has 0 saturated heterocycles. The summed E-state index contributed by atoms with van der Waals surface area (Å²) in [5.41, 5.74) is 1.93. The number of rotatable bonds is 10. The number of nitrogens with one attached hydrogen (secondary N) is 1. The Morgan fingerprint density at radius 2 is 1.87 bits per heavy atom. The standard InChI is InChI=1S/C23H24ClN3O3S/c1-2-12-31-23-26-20(15-27(23)14-17-10-6-7-11-18(17)24)21(28)25-19(22(29)30)13-16-8-4-3-5-9-16/h3-11,15,19H,2,12-14H2,1H3,(H,25,28)(H,29,30)/t19-/m0/s1. The molecule has 0 radical (unpaired) electrons. The van der Waals surface area contributed by atoms with E-state index in [0.29, 0.717) is 16.7 Å². The molecule has 2 aromatic carbocycles. The lowest BCUT2D eigenvalue weighted by Gasteiger charge is -2.13. The molecule has 2 N–H and O–H groups in total. The summed E-state index contributed by atoms with van der Waals surface area (Å²) in [4.78, 5) is 29.0. The second-order valence-electron chi connectivity index (χ2n) is 7.03. The number of carboxylic acid groups (broad SMARTS) is 1. The molecular weight excluding hydrogens is 434 g/mol. The van der Waals surface area contributed by atoms with Gasteiger partial charge in [-0.2, -0.15) is 0 Å². The smallest absolute Gasteiger partial charge is 0.326 e. The van der Waals surface area contributed by atoms with E-state index in [0.717, 1.165) is 23.3 Å². The van der Waals surface area contributed by atoms with Crippen LogP contribution in [-0.4, -0.2) is 38.3 Å². The lowest BCUT2D eigenvalue weighted by molar-refractivity contribution is -0.139. The maximum Gasteiger partial charge on any atom is 0.326 e. The average Bonchev–Trinajstić information content (AvgIpc) is 3.17. The van der Waals surface area contributed by atoms with Crippen LogP contribution < -0.4 is 5.32 Å². The molecule has 1 aromatic heterocycles. The van der Waals surface area contributed by atoms with Crippen molar-refractivity contribution in [1.82, 2.24) is 14.9 Å². The molecule has 8 heteroatoms. The van der Waals surface area contributed by atoms with E-state index in [1.165, 1.54) is 0 Å². The van der Waals surface area contributed by atoms with E-state index in [9.17, 15) is 14.7 Å². The van der Waals surface area contributed by atoms with Crippen molar-refractivity contribution < 1.29 is 14.7 Å². The summed E-state index contributed by atoms with van der Waals surface area (Å²) in [6, 6.07) is 15.7. The third kappa shape index (κ3) is 6.35. The SMILES string of the molecule is CCCSc1nc(C(=O)N[C@@H](Cc2ccccc2)C(=O)O)cn1Cc1ccccc1Cl. The monoisotopic (exact) mass is 457 g/mol. The van der Waals surface area contributed by atoms with Crippen molar-refractivity contribution in [3.8, 4) is 0 Å². The number of carbonyl (C=O) groups is 2. The summed E-state index contributed by atoms with van der Waals surface area (Å²) in [6.45, 7) is 2.54. The minimum Gasteiger partial charge on any atom is -0.480 e. The molecule has 0 aliphatic carbocycles. The summed E-state index contributed by atoms with van der Waals surface area (Å²) in [6.07, 6.45) is 2.81. The number of halogens is 1. The number of carboxylic acids is 1. The van der Waals surface area contributed by atoms with Crippen LogP contribution in [0.2, 0.25) is 5.02 Å². The van der Waals surface area contributed by atoms with Crippen LogP contribution in [-0.2, 0) is 17.8 Å². The molecule has 0 spiro atoms. The topological polar surface area (TPSA) is 84.2 Å². The van der Waals surface area contributed by atoms with Gasteiger partial charge in [-0.05, 0) is 23.6 Å². The average molecular weight is 458 g/mol. The van der Waals surface area contributed by atoms with E-state index >= 15 is 0 Å². The summed E-state index contributed by atoms with van der Waals surface area (Å²) in [5, 5.41) is 13.5. The molecule has 0 aliphatic heterocycles. The zero-order valence-electron chi connectivity index (χ0n) is 17.1. The van der Waals surface area contributed by atoms with Gasteiger partial charge in [0.15, 0.2) is 5.16 Å². The van der Waals surface area contributed by atoms with Crippen LogP contribution in [0.1, 0.15) is 35.0 Å². The predicted octanol–water partition coefficient (Wildman–Crippen LogP) is 4.51. The van der Waals surface area contributed by atoms with Crippen LogP contribution in [0, 0.1) is 0 Å². The minimum atomic E-state index is -1.09. The molecule has 6 nitrogen and oxygen atoms in total. The molecule has 1 heterocycles. The van der Waals surface area contributed by atoms with Crippen LogP contribution in [0.4, 0.5) is 0 Å². The Bertz CT molecular complexity index is 1040. The molecule has 1 atom stereocenters. The second kappa shape index (κ2) is 11.0. The molecule has 3 aromatic rings. The van der Waals surface area contributed by atoms with Crippen LogP contribution in [0.25, 0.3) is 0 Å². The van der Waals surface area contributed by atoms with Crippen molar-refractivity contribution in [2.45, 2.75) is 37.5 Å². The van der Waals surface area contributed by atoms with Crippen molar-refractivity contribution in [3.63, 3.8) is 0 Å². The highest BCUT2D eigenvalue weighted by atomic mass is 35.5. The second-order valence-corrected chi connectivity index (χ2v) is 8.50. The summed E-state index contributed by atoms with van der Waals surface area (Å²) in [7, 11) is 0. The molecule has 0 aliphatic rings. The number of carbonyl (C=O) groups excluding carboxylic acids is 1. The number of nitrogens with zero attached hydrogens (tertiary/aromatic N) is 2. The molecule has 3 rings (SSSR count). The van der Waals surface area contributed by atoms with Gasteiger partial charge in [-0.1, -0.05) is 78.8 Å². The Hall–Kier alpha value is -2.77. The first-order valence-electron chi connectivity index (χ1n) is 9.99. The molecule has 0 bridgehead atoms. The van der Waals surface area contributed by atoms with E-state index in [1.807, 2.05) is 59.2 Å². The number of hydrogen-bond donors (Lipinski definition) is 2. The van der Waals surface area contributed by atoms with Crippen molar-refractivity contribution >= 4 is 35.2 Å². The van der Waals surface area contributed by atoms with E-state index in [-0.39, 0.29) is 12.1 Å². The highest BCUT2D eigenvalue weighted by Crippen LogP contribution is 2.23. The number of aliphatic carboxylic acids is 1. The third-order valence-electron chi connectivity index (χ3n) is 4.59. The summed E-state index contributed by atoms with van der Waals surface area (Å²) < 4.78 is 1.88. The first-order valence-corrected chi connectivity index (χ1v) is 11.3. The van der Waals surface area contributed by atoms with Gasteiger partial charge in [0.05, 0.1) is 6.54 Å². The number of hydrogen-bond acceptors (Lipinski definition) is 4. The van der Waals surface area contributed by atoms with Gasteiger partial charge in [-0.25, -0.2) is 9.78 Å². The van der Waals surface area contributed by atoms with Crippen molar-refractivity contribution in [3.05, 3.63) is 82.6 Å². The fourth-order valence-electron chi connectivity index (χ4n) is 3.02. The van der Waals surface area contributed by atoms with Crippen molar-refractivity contribution in [2.75, 3.05) is 5.75 Å². The maximum atomic E-state index is 12.8. The quantitative estimate of drug-likeness (QED) is 0.437. The molecule has 31 heavy (non-hydrogen) atoms. The Labute approximate surface area is 190 Å². The highest BCUT2D eigenvalue weighted by Gasteiger charge is 2.23. The zero-order chi connectivity index (χ0) is 22.2. The number of thioether (sulfide) groups is 1. The minimum absolute atomic E-state index is 0.185. The van der Waals surface area contributed by atoms with Crippen LogP contribution >= 0.6 is 23.4 Å². The van der Waals surface area contributed by atoms with Gasteiger partial charge < -0.3 is 15.0 Å². The van der Waals surface area contributed by atoms with E-state index < -0.39 is 17.9 Å². The Morgan fingerprint density at radius 1 is 1.16 bits per heavy atom. The lowest BCUT2D eigenvalue weighted by Crippen LogP contribution is -2.42. The van der Waals surface area contributed by atoms with E-state index in [4.69, 9.17) is 11.6 Å². The molecule has 0 saturated carbocycles. The Kier molecular flexibility index (Phi) is 8.14. The normalized spacial score (nSPS) is 11.8. The van der Waals surface area contributed by atoms with Crippen LogP contribution in [0.5, 0.6) is 0 Å². The molecule has 0 fully saturated rings. The molecule has 1 amide bonds. The summed E-state index contributed by atoms with van der Waals surface area (Å²) >= 11 is 7.85.